The van der Waals surface area contributed by atoms with Crippen LogP contribution in [0, 0.1) is 0 Å². The highest BCUT2D eigenvalue weighted by molar-refractivity contribution is 6.02. The van der Waals surface area contributed by atoms with Gasteiger partial charge in [0, 0.05) is 6.54 Å². The van der Waals surface area contributed by atoms with Crippen molar-refractivity contribution >= 4 is 24.4 Å². The minimum Gasteiger partial charge on any atom is -0.307 e. The van der Waals surface area contributed by atoms with Gasteiger partial charge in [-0.15, -0.1) is 0 Å². The molecule has 1 aliphatic rings. The van der Waals surface area contributed by atoms with Gasteiger partial charge in [0.15, 0.2) is 0 Å². The number of nitrogens with one attached hydrogen (secondary N) is 2. The lowest BCUT2D eigenvalue weighted by molar-refractivity contribution is -0.118. The average molecular weight is 228 g/mol. The SMILES string of the molecule is CCN(CN1CC(=O)NC1=O)C(=O)NC=O. The molecule has 0 aromatic carbocycles. The Morgan fingerprint density at radius 2 is 2.31 bits per heavy atom. The van der Waals surface area contributed by atoms with E-state index in [4.69, 9.17) is 0 Å². The van der Waals surface area contributed by atoms with Crippen molar-refractivity contribution in [3.63, 3.8) is 0 Å². The molecule has 1 rings (SSSR count). The first-order valence-corrected chi connectivity index (χ1v) is 4.66. The molecule has 1 fully saturated rings. The minimum absolute atomic E-state index is 0.0340. The fourth-order valence-corrected chi connectivity index (χ4v) is 1.25. The van der Waals surface area contributed by atoms with Crippen LogP contribution in [0.4, 0.5) is 9.59 Å². The Bertz CT molecular complexity index is 330. The molecule has 16 heavy (non-hydrogen) atoms. The normalized spacial score (nSPS) is 14.7. The summed E-state index contributed by atoms with van der Waals surface area (Å²) in [5.74, 6) is -0.406. The molecule has 0 spiro atoms. The predicted octanol–water partition coefficient (Wildman–Crippen LogP) is -1.32. The molecule has 0 atom stereocenters. The molecule has 2 N–H and O–H groups in total. The summed E-state index contributed by atoms with van der Waals surface area (Å²) >= 11 is 0. The lowest BCUT2D eigenvalue weighted by atomic mass is 10.5. The highest BCUT2D eigenvalue weighted by Crippen LogP contribution is 2.01. The largest absolute Gasteiger partial charge is 0.325 e. The first-order valence-electron chi connectivity index (χ1n) is 4.66. The molecule has 0 radical (unpaired) electrons. The van der Waals surface area contributed by atoms with E-state index in [0.29, 0.717) is 6.54 Å². The quantitative estimate of drug-likeness (QED) is 0.460. The maximum absolute atomic E-state index is 11.3. The van der Waals surface area contributed by atoms with E-state index in [-0.39, 0.29) is 19.6 Å². The van der Waals surface area contributed by atoms with E-state index in [0.717, 1.165) is 0 Å². The number of imide groups is 2. The van der Waals surface area contributed by atoms with Gasteiger partial charge in [-0.1, -0.05) is 0 Å². The number of hydrogen-bond acceptors (Lipinski definition) is 4. The van der Waals surface area contributed by atoms with E-state index < -0.39 is 18.0 Å². The molecule has 0 saturated carbocycles. The Morgan fingerprint density at radius 1 is 1.62 bits per heavy atom. The van der Waals surface area contributed by atoms with Gasteiger partial charge in [-0.25, -0.2) is 9.59 Å². The Balaban J connectivity index is 2.56. The first kappa shape index (κ1) is 12.0. The summed E-state index contributed by atoms with van der Waals surface area (Å²) < 4.78 is 0. The maximum atomic E-state index is 11.3. The summed E-state index contributed by atoms with van der Waals surface area (Å²) in [6.45, 7) is 1.90. The number of hydrogen-bond donors (Lipinski definition) is 2. The van der Waals surface area contributed by atoms with Crippen LogP contribution in [0.1, 0.15) is 6.92 Å². The number of rotatable bonds is 4. The standard InChI is InChI=1S/C8H12N4O4/c1-2-11(7(15)9-4-13)5-12-3-6(14)10-8(12)16/h4H,2-3,5H2,1H3,(H,9,13,15)(H,10,14,16). The Labute approximate surface area is 91.6 Å². The number of carbonyl (C=O) groups is 4. The van der Waals surface area contributed by atoms with Crippen molar-refractivity contribution in [1.29, 1.82) is 0 Å². The average Bonchev–Trinajstić information content (AvgIpc) is 2.54. The lowest BCUT2D eigenvalue weighted by Gasteiger charge is -2.24. The van der Waals surface area contributed by atoms with E-state index >= 15 is 0 Å². The number of nitrogens with zero attached hydrogens (tertiary/aromatic N) is 2. The van der Waals surface area contributed by atoms with Gasteiger partial charge in [-0.3, -0.25) is 25.1 Å². The van der Waals surface area contributed by atoms with Crippen LogP contribution in [0.25, 0.3) is 0 Å². The fourth-order valence-electron chi connectivity index (χ4n) is 1.25. The molecule has 0 aromatic rings. The zero-order valence-electron chi connectivity index (χ0n) is 8.73. The molecule has 1 heterocycles. The van der Waals surface area contributed by atoms with Crippen LogP contribution >= 0.6 is 0 Å². The van der Waals surface area contributed by atoms with Crippen molar-refractivity contribution in [3.05, 3.63) is 0 Å². The van der Waals surface area contributed by atoms with E-state index in [1.165, 1.54) is 9.80 Å². The monoisotopic (exact) mass is 228 g/mol. The third kappa shape index (κ3) is 2.69. The highest BCUT2D eigenvalue weighted by atomic mass is 16.2. The third-order valence-electron chi connectivity index (χ3n) is 2.06. The van der Waals surface area contributed by atoms with Crippen molar-refractivity contribution in [2.45, 2.75) is 6.92 Å². The summed E-state index contributed by atoms with van der Waals surface area (Å²) in [4.78, 5) is 45.8. The molecule has 0 unspecified atom stereocenters. The van der Waals surface area contributed by atoms with Crippen molar-refractivity contribution < 1.29 is 19.2 Å². The van der Waals surface area contributed by atoms with Crippen LogP contribution in [0.5, 0.6) is 0 Å². The fraction of sp³-hybridized carbons (Fsp3) is 0.500. The van der Waals surface area contributed by atoms with Crippen LogP contribution in [-0.2, 0) is 9.59 Å². The van der Waals surface area contributed by atoms with Gasteiger partial charge in [0.2, 0.25) is 12.3 Å². The first-order chi connectivity index (χ1) is 7.58. The van der Waals surface area contributed by atoms with Gasteiger partial charge in [0.25, 0.3) is 0 Å². The van der Waals surface area contributed by atoms with Crippen molar-refractivity contribution in [2.75, 3.05) is 19.8 Å². The molecule has 8 nitrogen and oxygen atoms in total. The number of amides is 6. The molecule has 0 aliphatic carbocycles. The van der Waals surface area contributed by atoms with Crippen LogP contribution in [-0.4, -0.2) is 53.9 Å². The molecular weight excluding hydrogens is 216 g/mol. The molecule has 1 saturated heterocycles. The molecule has 0 bridgehead atoms. The number of urea groups is 2. The smallest absolute Gasteiger partial charge is 0.307 e. The van der Waals surface area contributed by atoms with Crippen molar-refractivity contribution in [1.82, 2.24) is 20.4 Å². The van der Waals surface area contributed by atoms with Gasteiger partial charge in [-0.05, 0) is 6.92 Å². The van der Waals surface area contributed by atoms with E-state index in [1.54, 1.807) is 6.92 Å². The second kappa shape index (κ2) is 5.10. The van der Waals surface area contributed by atoms with Gasteiger partial charge in [-0.2, -0.15) is 0 Å². The topological polar surface area (TPSA) is 98.8 Å². The van der Waals surface area contributed by atoms with Gasteiger partial charge in [0.05, 0.1) is 6.67 Å². The van der Waals surface area contributed by atoms with Crippen LogP contribution in [0.15, 0.2) is 0 Å². The minimum atomic E-state index is -0.607. The Hall–Kier alpha value is -2.12. The molecule has 8 heteroatoms. The zero-order valence-corrected chi connectivity index (χ0v) is 8.73. The number of carbonyl (C=O) groups excluding carboxylic acids is 4. The lowest BCUT2D eigenvalue weighted by Crippen LogP contribution is -2.46. The molecule has 6 amide bonds. The van der Waals surface area contributed by atoms with Crippen LogP contribution < -0.4 is 10.6 Å². The van der Waals surface area contributed by atoms with Gasteiger partial charge < -0.3 is 4.90 Å². The van der Waals surface area contributed by atoms with E-state index in [1.807, 2.05) is 5.32 Å². The Morgan fingerprint density at radius 3 is 2.75 bits per heavy atom. The molecule has 1 aliphatic heterocycles. The second-order valence-corrected chi connectivity index (χ2v) is 3.12. The maximum Gasteiger partial charge on any atom is 0.325 e. The second-order valence-electron chi connectivity index (χ2n) is 3.12. The van der Waals surface area contributed by atoms with Gasteiger partial charge >= 0.3 is 12.1 Å². The summed E-state index contributed by atoms with van der Waals surface area (Å²) in [6.07, 6.45) is 0.264. The van der Waals surface area contributed by atoms with Crippen LogP contribution in [0.3, 0.4) is 0 Å². The highest BCUT2D eigenvalue weighted by Gasteiger charge is 2.28. The molecule has 0 aromatic heterocycles. The van der Waals surface area contributed by atoms with Gasteiger partial charge in [0.1, 0.15) is 6.54 Å². The summed E-state index contributed by atoms with van der Waals surface area (Å²) in [6, 6.07) is -1.15. The molecular formula is C8H12N4O4. The Kier molecular flexibility index (Phi) is 3.81. The zero-order chi connectivity index (χ0) is 12.1. The summed E-state index contributed by atoms with van der Waals surface area (Å²) in [7, 11) is 0. The predicted molar refractivity (Wildman–Crippen MR) is 52.1 cm³/mol. The van der Waals surface area contributed by atoms with Crippen molar-refractivity contribution in [2.24, 2.45) is 0 Å². The third-order valence-corrected chi connectivity index (χ3v) is 2.06. The van der Waals surface area contributed by atoms with Crippen molar-refractivity contribution in [3.8, 4) is 0 Å². The van der Waals surface area contributed by atoms with E-state index in [2.05, 4.69) is 5.32 Å². The summed E-state index contributed by atoms with van der Waals surface area (Å²) in [5, 5.41) is 4.05. The summed E-state index contributed by atoms with van der Waals surface area (Å²) in [5.41, 5.74) is 0. The van der Waals surface area contributed by atoms with Crippen LogP contribution in [0.2, 0.25) is 0 Å². The molecule has 88 valence electrons. The van der Waals surface area contributed by atoms with E-state index in [9.17, 15) is 19.2 Å².